The molecule has 1 heterocycles. The SMILES string of the molecule is CC1CNC(=O)CC(=O)N1CCN. The van der Waals surface area contributed by atoms with Crippen molar-refractivity contribution >= 4 is 11.8 Å². The van der Waals surface area contributed by atoms with E-state index < -0.39 is 0 Å². The molecule has 0 aromatic heterocycles. The number of amides is 2. The molecule has 0 spiro atoms. The van der Waals surface area contributed by atoms with Gasteiger partial charge in [-0.15, -0.1) is 0 Å². The van der Waals surface area contributed by atoms with Gasteiger partial charge in [0.15, 0.2) is 0 Å². The van der Waals surface area contributed by atoms with Crippen molar-refractivity contribution in [3.05, 3.63) is 0 Å². The Hall–Kier alpha value is -1.10. The first-order chi connectivity index (χ1) is 6.15. The summed E-state index contributed by atoms with van der Waals surface area (Å²) in [6.45, 7) is 3.38. The topological polar surface area (TPSA) is 75.4 Å². The van der Waals surface area contributed by atoms with E-state index in [0.717, 1.165) is 0 Å². The fourth-order valence-corrected chi connectivity index (χ4v) is 1.40. The lowest BCUT2D eigenvalue weighted by Crippen LogP contribution is -2.43. The van der Waals surface area contributed by atoms with Crippen LogP contribution >= 0.6 is 0 Å². The molecule has 1 fully saturated rings. The highest BCUT2D eigenvalue weighted by atomic mass is 16.2. The number of carbonyl (C=O) groups excluding carboxylic acids is 2. The van der Waals surface area contributed by atoms with Crippen LogP contribution in [0.2, 0.25) is 0 Å². The van der Waals surface area contributed by atoms with Crippen LogP contribution in [0.1, 0.15) is 13.3 Å². The van der Waals surface area contributed by atoms with Crippen molar-refractivity contribution in [1.29, 1.82) is 0 Å². The quantitative estimate of drug-likeness (QED) is 0.524. The van der Waals surface area contributed by atoms with Gasteiger partial charge in [-0.05, 0) is 6.92 Å². The second kappa shape index (κ2) is 4.23. The van der Waals surface area contributed by atoms with Crippen molar-refractivity contribution in [1.82, 2.24) is 10.2 Å². The van der Waals surface area contributed by atoms with E-state index in [-0.39, 0.29) is 24.3 Å². The molecule has 0 saturated carbocycles. The number of carbonyl (C=O) groups is 2. The lowest BCUT2D eigenvalue weighted by atomic mass is 10.2. The summed E-state index contributed by atoms with van der Waals surface area (Å²) in [4.78, 5) is 24.1. The Morgan fingerprint density at radius 3 is 2.92 bits per heavy atom. The zero-order chi connectivity index (χ0) is 9.84. The average molecular weight is 185 g/mol. The van der Waals surface area contributed by atoms with Gasteiger partial charge in [-0.25, -0.2) is 0 Å². The van der Waals surface area contributed by atoms with E-state index in [0.29, 0.717) is 19.6 Å². The molecule has 13 heavy (non-hydrogen) atoms. The Kier molecular flexibility index (Phi) is 3.25. The first-order valence-corrected chi connectivity index (χ1v) is 4.41. The standard InChI is InChI=1S/C8H15N3O2/c1-6-5-10-7(12)4-8(13)11(6)3-2-9/h6H,2-5,9H2,1H3,(H,10,12). The molecule has 1 rings (SSSR count). The van der Waals surface area contributed by atoms with Crippen LogP contribution in [-0.2, 0) is 9.59 Å². The maximum absolute atomic E-state index is 11.4. The summed E-state index contributed by atoms with van der Waals surface area (Å²) in [5, 5.41) is 2.67. The fraction of sp³-hybridized carbons (Fsp3) is 0.750. The largest absolute Gasteiger partial charge is 0.354 e. The summed E-state index contributed by atoms with van der Waals surface area (Å²) < 4.78 is 0. The number of nitrogens with two attached hydrogens (primary N) is 1. The fourth-order valence-electron chi connectivity index (χ4n) is 1.40. The summed E-state index contributed by atoms with van der Waals surface area (Å²) >= 11 is 0. The van der Waals surface area contributed by atoms with Gasteiger partial charge in [-0.2, -0.15) is 0 Å². The first kappa shape index (κ1) is 9.98. The molecule has 2 amide bonds. The third-order valence-corrected chi connectivity index (χ3v) is 2.13. The van der Waals surface area contributed by atoms with Crippen LogP contribution in [0.25, 0.3) is 0 Å². The van der Waals surface area contributed by atoms with E-state index in [4.69, 9.17) is 5.73 Å². The van der Waals surface area contributed by atoms with Crippen LogP contribution in [0.3, 0.4) is 0 Å². The molecule has 0 bridgehead atoms. The van der Waals surface area contributed by atoms with Gasteiger partial charge < -0.3 is 16.0 Å². The summed E-state index contributed by atoms with van der Waals surface area (Å²) in [6, 6.07) is 0.0440. The molecule has 0 radical (unpaired) electrons. The minimum absolute atomic E-state index is 0.0440. The predicted molar refractivity (Wildman–Crippen MR) is 47.9 cm³/mol. The van der Waals surface area contributed by atoms with Crippen molar-refractivity contribution in [3.63, 3.8) is 0 Å². The Morgan fingerprint density at radius 1 is 1.62 bits per heavy atom. The van der Waals surface area contributed by atoms with E-state index in [9.17, 15) is 9.59 Å². The molecule has 0 aromatic carbocycles. The molecule has 1 aliphatic rings. The zero-order valence-electron chi connectivity index (χ0n) is 7.75. The molecule has 5 heteroatoms. The van der Waals surface area contributed by atoms with E-state index >= 15 is 0 Å². The lowest BCUT2D eigenvalue weighted by Gasteiger charge is -2.25. The Morgan fingerprint density at radius 2 is 2.31 bits per heavy atom. The normalized spacial score (nSPS) is 24.2. The van der Waals surface area contributed by atoms with Gasteiger partial charge in [-0.1, -0.05) is 0 Å². The van der Waals surface area contributed by atoms with Crippen molar-refractivity contribution in [2.75, 3.05) is 19.6 Å². The van der Waals surface area contributed by atoms with Gasteiger partial charge in [0, 0.05) is 25.7 Å². The van der Waals surface area contributed by atoms with E-state index in [1.54, 1.807) is 4.90 Å². The van der Waals surface area contributed by atoms with Crippen LogP contribution in [0.5, 0.6) is 0 Å². The molecule has 1 unspecified atom stereocenters. The number of rotatable bonds is 2. The third-order valence-electron chi connectivity index (χ3n) is 2.13. The molecule has 3 N–H and O–H groups in total. The van der Waals surface area contributed by atoms with Crippen LogP contribution in [0.15, 0.2) is 0 Å². The minimum atomic E-state index is -0.198. The Bertz CT molecular complexity index is 217. The first-order valence-electron chi connectivity index (χ1n) is 4.41. The highest BCUT2D eigenvalue weighted by Gasteiger charge is 2.25. The van der Waals surface area contributed by atoms with Gasteiger partial charge in [0.25, 0.3) is 0 Å². The van der Waals surface area contributed by atoms with E-state index in [1.807, 2.05) is 6.92 Å². The van der Waals surface area contributed by atoms with Gasteiger partial charge in [0.2, 0.25) is 11.8 Å². The molecule has 5 nitrogen and oxygen atoms in total. The molecular weight excluding hydrogens is 170 g/mol. The monoisotopic (exact) mass is 185 g/mol. The molecule has 74 valence electrons. The second-order valence-corrected chi connectivity index (χ2v) is 3.21. The Balaban J connectivity index is 2.66. The zero-order valence-corrected chi connectivity index (χ0v) is 7.75. The molecule has 0 aromatic rings. The molecule has 1 aliphatic heterocycles. The van der Waals surface area contributed by atoms with Crippen LogP contribution in [0, 0.1) is 0 Å². The van der Waals surface area contributed by atoms with Crippen molar-refractivity contribution < 1.29 is 9.59 Å². The number of hydrogen-bond acceptors (Lipinski definition) is 3. The van der Waals surface area contributed by atoms with Crippen molar-refractivity contribution in [3.8, 4) is 0 Å². The third kappa shape index (κ3) is 2.42. The summed E-state index contributed by atoms with van der Waals surface area (Å²) in [5.74, 6) is -0.329. The highest BCUT2D eigenvalue weighted by molar-refractivity contribution is 5.97. The van der Waals surface area contributed by atoms with E-state index in [2.05, 4.69) is 5.32 Å². The average Bonchev–Trinajstić information content (AvgIpc) is 2.19. The Labute approximate surface area is 77.3 Å². The molecule has 1 atom stereocenters. The second-order valence-electron chi connectivity index (χ2n) is 3.21. The number of nitrogens with one attached hydrogen (secondary N) is 1. The minimum Gasteiger partial charge on any atom is -0.354 e. The molecule has 0 aliphatic carbocycles. The predicted octanol–water partition coefficient (Wildman–Crippen LogP) is -1.32. The smallest absolute Gasteiger partial charge is 0.232 e. The summed E-state index contributed by atoms with van der Waals surface area (Å²) in [7, 11) is 0. The maximum Gasteiger partial charge on any atom is 0.232 e. The van der Waals surface area contributed by atoms with E-state index in [1.165, 1.54) is 0 Å². The van der Waals surface area contributed by atoms with Crippen LogP contribution in [0.4, 0.5) is 0 Å². The van der Waals surface area contributed by atoms with Crippen molar-refractivity contribution in [2.45, 2.75) is 19.4 Å². The number of nitrogens with zero attached hydrogens (tertiary/aromatic N) is 1. The van der Waals surface area contributed by atoms with Gasteiger partial charge in [0.1, 0.15) is 6.42 Å². The molecular formula is C8H15N3O2. The summed E-state index contributed by atoms with van der Waals surface area (Å²) in [5.41, 5.74) is 5.37. The van der Waals surface area contributed by atoms with Gasteiger partial charge in [0.05, 0.1) is 0 Å². The van der Waals surface area contributed by atoms with Crippen LogP contribution in [-0.4, -0.2) is 42.4 Å². The lowest BCUT2D eigenvalue weighted by molar-refractivity contribution is -0.135. The summed E-state index contributed by atoms with van der Waals surface area (Å²) in [6.07, 6.45) is -0.0513. The maximum atomic E-state index is 11.4. The van der Waals surface area contributed by atoms with Crippen LogP contribution < -0.4 is 11.1 Å². The van der Waals surface area contributed by atoms with Crippen molar-refractivity contribution in [2.24, 2.45) is 5.73 Å². The molecule has 1 saturated heterocycles. The number of hydrogen-bond donors (Lipinski definition) is 2. The van der Waals surface area contributed by atoms with Gasteiger partial charge in [-0.3, -0.25) is 9.59 Å². The highest BCUT2D eigenvalue weighted by Crippen LogP contribution is 2.04. The van der Waals surface area contributed by atoms with Gasteiger partial charge >= 0.3 is 0 Å².